The second-order valence-corrected chi connectivity index (χ2v) is 7.04. The molecule has 0 aliphatic carbocycles. The number of piperidine rings is 1. The molecule has 1 N–H and O–H groups in total. The van der Waals surface area contributed by atoms with Gasteiger partial charge in [0.25, 0.3) is 0 Å². The summed E-state index contributed by atoms with van der Waals surface area (Å²) in [5, 5.41) is 2.89. The normalized spacial score (nSPS) is 21.5. The van der Waals surface area contributed by atoms with Crippen molar-refractivity contribution < 1.29 is 9.53 Å². The smallest absolute Gasteiger partial charge is 0.407 e. The number of likely N-dealkylation sites (tertiary alicyclic amines) is 1. The summed E-state index contributed by atoms with van der Waals surface area (Å²) >= 11 is 0. The number of hydrogen-bond acceptors (Lipinski definition) is 3. The van der Waals surface area contributed by atoms with Crippen molar-refractivity contribution in [3.05, 3.63) is 0 Å². The summed E-state index contributed by atoms with van der Waals surface area (Å²) in [5.41, 5.74) is -0.416. The number of ether oxygens (including phenoxy) is 1. The Morgan fingerprint density at radius 1 is 1.42 bits per heavy atom. The molecule has 0 saturated carbocycles. The molecule has 4 heteroatoms. The van der Waals surface area contributed by atoms with Crippen LogP contribution >= 0.6 is 0 Å². The average Bonchev–Trinajstić information content (AvgIpc) is 2.23. The van der Waals surface area contributed by atoms with Crippen molar-refractivity contribution in [3.8, 4) is 0 Å². The molecule has 4 nitrogen and oxygen atoms in total. The maximum Gasteiger partial charge on any atom is 0.407 e. The van der Waals surface area contributed by atoms with E-state index in [4.69, 9.17) is 4.74 Å². The van der Waals surface area contributed by atoms with Gasteiger partial charge in [-0.1, -0.05) is 13.8 Å². The monoisotopic (exact) mass is 270 g/mol. The molecule has 0 radical (unpaired) electrons. The van der Waals surface area contributed by atoms with Gasteiger partial charge in [-0.25, -0.2) is 4.79 Å². The second kappa shape index (κ2) is 7.13. The summed E-state index contributed by atoms with van der Waals surface area (Å²) in [5.74, 6) is 1.26. The Hall–Kier alpha value is -0.770. The number of carbonyl (C=O) groups excluding carboxylic acids is 1. The third-order valence-electron chi connectivity index (χ3n) is 3.16. The summed E-state index contributed by atoms with van der Waals surface area (Å²) in [7, 11) is 0. The quantitative estimate of drug-likeness (QED) is 0.854. The van der Waals surface area contributed by atoms with Crippen molar-refractivity contribution in [2.75, 3.05) is 26.2 Å². The standard InChI is InChI=1S/C15H30N2O2/c1-12(2)10-17-8-6-7-13(11-17)9-16-14(18)19-15(3,4)5/h12-13H,6-11H2,1-5H3,(H,16,18). The van der Waals surface area contributed by atoms with E-state index in [1.54, 1.807) is 0 Å². The van der Waals surface area contributed by atoms with Gasteiger partial charge < -0.3 is 15.0 Å². The molecule has 1 saturated heterocycles. The maximum atomic E-state index is 11.6. The van der Waals surface area contributed by atoms with E-state index in [0.29, 0.717) is 11.8 Å². The zero-order valence-corrected chi connectivity index (χ0v) is 13.2. The number of rotatable bonds is 4. The van der Waals surface area contributed by atoms with Crippen LogP contribution in [0.4, 0.5) is 4.79 Å². The predicted molar refractivity (Wildman–Crippen MR) is 78.2 cm³/mol. The molecule has 0 aromatic carbocycles. The predicted octanol–water partition coefficient (Wildman–Crippen LogP) is 2.88. The molecule has 1 aliphatic rings. The highest BCUT2D eigenvalue weighted by Gasteiger charge is 2.22. The molecule has 0 aromatic rings. The fourth-order valence-electron chi connectivity index (χ4n) is 2.54. The van der Waals surface area contributed by atoms with Crippen LogP contribution in [0, 0.1) is 11.8 Å². The highest BCUT2D eigenvalue weighted by atomic mass is 16.6. The molecular formula is C15H30N2O2. The first-order chi connectivity index (χ1) is 8.76. The lowest BCUT2D eigenvalue weighted by molar-refractivity contribution is 0.0505. The minimum absolute atomic E-state index is 0.298. The minimum atomic E-state index is -0.416. The Morgan fingerprint density at radius 3 is 2.68 bits per heavy atom. The third kappa shape index (κ3) is 7.41. The Kier molecular flexibility index (Phi) is 6.11. The van der Waals surface area contributed by atoms with E-state index in [1.807, 2.05) is 20.8 Å². The topological polar surface area (TPSA) is 41.6 Å². The van der Waals surface area contributed by atoms with Crippen LogP contribution in [0.15, 0.2) is 0 Å². The molecule has 0 spiro atoms. The zero-order valence-electron chi connectivity index (χ0n) is 13.2. The van der Waals surface area contributed by atoms with Crippen LogP contribution in [0.3, 0.4) is 0 Å². The van der Waals surface area contributed by atoms with Crippen molar-refractivity contribution in [2.45, 2.75) is 53.1 Å². The third-order valence-corrected chi connectivity index (χ3v) is 3.16. The SMILES string of the molecule is CC(C)CN1CCCC(CNC(=O)OC(C)(C)C)C1. The summed E-state index contributed by atoms with van der Waals surface area (Å²) in [6.45, 7) is 14.3. The fourth-order valence-corrected chi connectivity index (χ4v) is 2.54. The van der Waals surface area contributed by atoms with Crippen LogP contribution in [-0.4, -0.2) is 42.8 Å². The van der Waals surface area contributed by atoms with E-state index in [-0.39, 0.29) is 6.09 Å². The summed E-state index contributed by atoms with van der Waals surface area (Å²) < 4.78 is 5.26. The van der Waals surface area contributed by atoms with E-state index in [2.05, 4.69) is 24.1 Å². The van der Waals surface area contributed by atoms with Crippen molar-refractivity contribution in [3.63, 3.8) is 0 Å². The molecule has 1 rings (SSSR count). The molecule has 0 aromatic heterocycles. The molecule has 1 heterocycles. The lowest BCUT2D eigenvalue weighted by Gasteiger charge is -2.34. The van der Waals surface area contributed by atoms with Crippen LogP contribution in [-0.2, 0) is 4.74 Å². The summed E-state index contributed by atoms with van der Waals surface area (Å²) in [4.78, 5) is 14.1. The molecule has 1 aliphatic heterocycles. The van der Waals surface area contributed by atoms with Gasteiger partial charge in [0.15, 0.2) is 0 Å². The molecule has 1 amide bonds. The van der Waals surface area contributed by atoms with E-state index in [1.165, 1.54) is 19.4 Å². The largest absolute Gasteiger partial charge is 0.444 e. The highest BCUT2D eigenvalue weighted by molar-refractivity contribution is 5.67. The first-order valence-corrected chi connectivity index (χ1v) is 7.45. The summed E-state index contributed by atoms with van der Waals surface area (Å²) in [6, 6.07) is 0. The molecule has 0 bridgehead atoms. The van der Waals surface area contributed by atoms with Gasteiger partial charge in [-0.2, -0.15) is 0 Å². The van der Waals surface area contributed by atoms with Gasteiger partial charge >= 0.3 is 6.09 Å². The van der Waals surface area contributed by atoms with Crippen molar-refractivity contribution in [1.82, 2.24) is 10.2 Å². The van der Waals surface area contributed by atoms with Crippen molar-refractivity contribution >= 4 is 6.09 Å². The lowest BCUT2D eigenvalue weighted by atomic mass is 9.97. The number of carbonyl (C=O) groups is 1. The molecule has 19 heavy (non-hydrogen) atoms. The van der Waals surface area contributed by atoms with E-state index in [9.17, 15) is 4.79 Å². The first-order valence-electron chi connectivity index (χ1n) is 7.45. The number of hydrogen-bond donors (Lipinski definition) is 1. The van der Waals surface area contributed by atoms with Gasteiger partial charge in [0.1, 0.15) is 5.60 Å². The molecule has 1 unspecified atom stereocenters. The maximum absolute atomic E-state index is 11.6. The Labute approximate surface area is 117 Å². The van der Waals surface area contributed by atoms with E-state index < -0.39 is 5.60 Å². The Balaban J connectivity index is 2.27. The van der Waals surface area contributed by atoms with Gasteiger partial charge in [0.2, 0.25) is 0 Å². The number of nitrogens with one attached hydrogen (secondary N) is 1. The van der Waals surface area contributed by atoms with Crippen LogP contribution in [0.5, 0.6) is 0 Å². The van der Waals surface area contributed by atoms with Gasteiger partial charge in [0.05, 0.1) is 0 Å². The zero-order chi connectivity index (χ0) is 14.5. The number of amides is 1. The molecule has 112 valence electrons. The highest BCUT2D eigenvalue weighted by Crippen LogP contribution is 2.17. The van der Waals surface area contributed by atoms with E-state index >= 15 is 0 Å². The van der Waals surface area contributed by atoms with Gasteiger partial charge in [-0.15, -0.1) is 0 Å². The van der Waals surface area contributed by atoms with Crippen LogP contribution in [0.1, 0.15) is 47.5 Å². The van der Waals surface area contributed by atoms with Crippen molar-refractivity contribution in [2.24, 2.45) is 11.8 Å². The van der Waals surface area contributed by atoms with Crippen LogP contribution < -0.4 is 5.32 Å². The second-order valence-electron chi connectivity index (χ2n) is 7.04. The van der Waals surface area contributed by atoms with Crippen LogP contribution in [0.25, 0.3) is 0 Å². The Morgan fingerprint density at radius 2 is 2.11 bits per heavy atom. The number of alkyl carbamates (subject to hydrolysis) is 1. The van der Waals surface area contributed by atoms with Gasteiger partial charge in [-0.05, 0) is 52.0 Å². The fraction of sp³-hybridized carbons (Fsp3) is 0.933. The lowest BCUT2D eigenvalue weighted by Crippen LogP contribution is -2.43. The van der Waals surface area contributed by atoms with E-state index in [0.717, 1.165) is 19.6 Å². The molecule has 1 atom stereocenters. The Bertz CT molecular complexity index is 284. The average molecular weight is 270 g/mol. The van der Waals surface area contributed by atoms with Crippen molar-refractivity contribution in [1.29, 1.82) is 0 Å². The van der Waals surface area contributed by atoms with Crippen LogP contribution in [0.2, 0.25) is 0 Å². The minimum Gasteiger partial charge on any atom is -0.444 e. The first kappa shape index (κ1) is 16.3. The summed E-state index contributed by atoms with van der Waals surface area (Å²) in [6.07, 6.45) is 2.13. The molecule has 1 fully saturated rings. The van der Waals surface area contributed by atoms with Gasteiger partial charge in [-0.3, -0.25) is 0 Å². The van der Waals surface area contributed by atoms with Gasteiger partial charge in [0, 0.05) is 19.6 Å². The molecular weight excluding hydrogens is 240 g/mol. The number of nitrogens with zero attached hydrogens (tertiary/aromatic N) is 1.